The number of hydrogen-bond acceptors (Lipinski definition) is 4. The number of carbonyl (C=O) groups is 3. The maximum atomic E-state index is 12.1. The molecule has 2 rings (SSSR count). The van der Waals surface area contributed by atoms with E-state index >= 15 is 0 Å². The number of benzene rings is 1. The van der Waals surface area contributed by atoms with Crippen LogP contribution in [0.25, 0.3) is 0 Å². The summed E-state index contributed by atoms with van der Waals surface area (Å²) in [5, 5.41) is 17.7. The molecule has 0 radical (unpaired) electrons. The molecule has 1 unspecified atom stereocenters. The molecule has 2 N–H and O–H groups in total. The zero-order valence-corrected chi connectivity index (χ0v) is 10.7. The normalized spacial score (nSPS) is 17.4. The van der Waals surface area contributed by atoms with E-state index in [0.29, 0.717) is 11.4 Å². The largest absolute Gasteiger partial charge is 0.481 e. The topological polar surface area (TPSA) is 104 Å². The van der Waals surface area contributed by atoms with Crippen molar-refractivity contribution in [1.29, 1.82) is 0 Å². The maximum Gasteiger partial charge on any atom is 0.323 e. The van der Waals surface area contributed by atoms with Crippen molar-refractivity contribution in [2.24, 2.45) is 0 Å². The second kappa shape index (κ2) is 5.20. The van der Waals surface area contributed by atoms with Crippen LogP contribution < -0.4 is 9.64 Å². The van der Waals surface area contributed by atoms with Crippen LogP contribution in [0, 0.1) is 6.92 Å². The van der Waals surface area contributed by atoms with Crippen LogP contribution in [0.4, 0.5) is 5.69 Å². The monoisotopic (exact) mass is 279 g/mol. The van der Waals surface area contributed by atoms with Gasteiger partial charge in [0, 0.05) is 0 Å². The van der Waals surface area contributed by atoms with Crippen LogP contribution in [0.3, 0.4) is 0 Å². The molecule has 1 heterocycles. The average molecular weight is 279 g/mol. The average Bonchev–Trinajstić information content (AvgIpc) is 2.34. The van der Waals surface area contributed by atoms with Crippen molar-refractivity contribution in [1.82, 2.24) is 0 Å². The lowest BCUT2D eigenvalue weighted by atomic mass is 10.1. The highest BCUT2D eigenvalue weighted by Gasteiger charge is 2.36. The van der Waals surface area contributed by atoms with Gasteiger partial charge < -0.3 is 14.9 Å². The fourth-order valence-corrected chi connectivity index (χ4v) is 2.02. The van der Waals surface area contributed by atoms with Crippen molar-refractivity contribution in [2.45, 2.75) is 19.4 Å². The quantitative estimate of drug-likeness (QED) is 0.838. The Morgan fingerprint density at radius 2 is 2.00 bits per heavy atom. The lowest BCUT2D eigenvalue weighted by Crippen LogP contribution is -2.48. The van der Waals surface area contributed by atoms with Gasteiger partial charge in [-0.1, -0.05) is 6.07 Å². The Balaban J connectivity index is 2.41. The molecule has 0 aliphatic carbocycles. The molecule has 0 fully saturated rings. The van der Waals surface area contributed by atoms with Gasteiger partial charge in [-0.15, -0.1) is 0 Å². The van der Waals surface area contributed by atoms with Gasteiger partial charge in [-0.3, -0.25) is 19.3 Å². The van der Waals surface area contributed by atoms with Gasteiger partial charge in [0.2, 0.25) is 0 Å². The van der Waals surface area contributed by atoms with E-state index in [9.17, 15) is 14.4 Å². The molecule has 0 spiro atoms. The van der Waals surface area contributed by atoms with E-state index in [-0.39, 0.29) is 0 Å². The van der Waals surface area contributed by atoms with Gasteiger partial charge in [0.05, 0.1) is 12.1 Å². The van der Waals surface area contributed by atoms with Crippen LogP contribution >= 0.6 is 0 Å². The van der Waals surface area contributed by atoms with Gasteiger partial charge >= 0.3 is 11.9 Å². The SMILES string of the molecule is Cc1ccc2c(c1)N(CC(=O)O)C(=O)C(CC(=O)O)O2. The first-order valence-electron chi connectivity index (χ1n) is 5.90. The number of amides is 1. The highest BCUT2D eigenvalue weighted by atomic mass is 16.5. The van der Waals surface area contributed by atoms with E-state index in [4.69, 9.17) is 14.9 Å². The third-order valence-corrected chi connectivity index (χ3v) is 2.87. The maximum absolute atomic E-state index is 12.1. The lowest BCUT2D eigenvalue weighted by Gasteiger charge is -2.33. The molecule has 0 saturated carbocycles. The first kappa shape index (κ1) is 13.9. The molecular formula is C13H13NO6. The van der Waals surface area contributed by atoms with Gasteiger partial charge in [0.25, 0.3) is 5.91 Å². The second-order valence-electron chi connectivity index (χ2n) is 4.49. The summed E-state index contributed by atoms with van der Waals surface area (Å²) in [7, 11) is 0. The summed E-state index contributed by atoms with van der Waals surface area (Å²) < 4.78 is 5.36. The van der Waals surface area contributed by atoms with Crippen LogP contribution in [0.2, 0.25) is 0 Å². The van der Waals surface area contributed by atoms with Crippen LogP contribution in [0.1, 0.15) is 12.0 Å². The Labute approximate surface area is 114 Å². The summed E-state index contributed by atoms with van der Waals surface area (Å²) in [5.74, 6) is -2.72. The Morgan fingerprint density at radius 1 is 1.30 bits per heavy atom. The number of carbonyl (C=O) groups excluding carboxylic acids is 1. The summed E-state index contributed by atoms with van der Waals surface area (Å²) in [5.41, 5.74) is 1.19. The molecular weight excluding hydrogens is 266 g/mol. The van der Waals surface area contributed by atoms with Crippen molar-refractivity contribution < 1.29 is 29.3 Å². The number of anilines is 1. The van der Waals surface area contributed by atoms with Gasteiger partial charge in [-0.2, -0.15) is 0 Å². The van der Waals surface area contributed by atoms with Crippen molar-refractivity contribution in [3.63, 3.8) is 0 Å². The molecule has 1 aromatic rings. The molecule has 7 nitrogen and oxygen atoms in total. The predicted molar refractivity (Wildman–Crippen MR) is 67.8 cm³/mol. The molecule has 1 amide bonds. The summed E-state index contributed by atoms with van der Waals surface area (Å²) in [6.07, 6.45) is -1.72. The van der Waals surface area contributed by atoms with E-state index in [1.807, 2.05) is 0 Å². The molecule has 1 aromatic carbocycles. The van der Waals surface area contributed by atoms with E-state index in [0.717, 1.165) is 10.5 Å². The number of carboxylic acids is 2. The molecule has 20 heavy (non-hydrogen) atoms. The minimum absolute atomic E-state index is 0.308. The zero-order valence-electron chi connectivity index (χ0n) is 10.7. The number of nitrogens with zero attached hydrogens (tertiary/aromatic N) is 1. The Bertz CT molecular complexity index is 582. The summed E-state index contributed by atoms with van der Waals surface area (Å²) in [4.78, 5) is 34.8. The third-order valence-electron chi connectivity index (χ3n) is 2.87. The number of fused-ring (bicyclic) bond motifs is 1. The molecule has 7 heteroatoms. The number of carboxylic acid groups (broad SMARTS) is 2. The first-order chi connectivity index (χ1) is 9.38. The summed E-state index contributed by atoms with van der Waals surface area (Å²) in [6.45, 7) is 1.27. The molecule has 1 aliphatic heterocycles. The zero-order chi connectivity index (χ0) is 14.9. The van der Waals surface area contributed by atoms with Crippen LogP contribution in [0.15, 0.2) is 18.2 Å². The molecule has 0 aromatic heterocycles. The van der Waals surface area contributed by atoms with Crippen molar-refractivity contribution in [3.8, 4) is 5.75 Å². The van der Waals surface area contributed by atoms with E-state index in [1.165, 1.54) is 0 Å². The highest BCUT2D eigenvalue weighted by Crippen LogP contribution is 2.35. The second-order valence-corrected chi connectivity index (χ2v) is 4.49. The smallest absolute Gasteiger partial charge is 0.323 e. The first-order valence-corrected chi connectivity index (χ1v) is 5.90. The van der Waals surface area contributed by atoms with Gasteiger partial charge in [-0.25, -0.2) is 0 Å². The standard InChI is InChI=1S/C13H13NO6/c1-7-2-3-9-8(4-7)14(6-12(17)18)13(19)10(20-9)5-11(15)16/h2-4,10H,5-6H2,1H3,(H,15,16)(H,17,18). The van der Waals surface area contributed by atoms with Crippen LogP contribution in [-0.4, -0.2) is 40.7 Å². The van der Waals surface area contributed by atoms with Crippen LogP contribution in [0.5, 0.6) is 5.75 Å². The Kier molecular flexibility index (Phi) is 3.60. The van der Waals surface area contributed by atoms with E-state index in [2.05, 4.69) is 0 Å². The number of aryl methyl sites for hydroxylation is 1. The fraction of sp³-hybridized carbons (Fsp3) is 0.308. The van der Waals surface area contributed by atoms with Crippen molar-refractivity contribution in [2.75, 3.05) is 11.4 Å². The van der Waals surface area contributed by atoms with Gasteiger partial charge in [-0.05, 0) is 24.6 Å². The number of aliphatic carboxylic acids is 2. The summed E-state index contributed by atoms with van der Waals surface area (Å²) >= 11 is 0. The van der Waals surface area contributed by atoms with Gasteiger partial charge in [0.15, 0.2) is 6.10 Å². The van der Waals surface area contributed by atoms with E-state index in [1.54, 1.807) is 25.1 Å². The van der Waals surface area contributed by atoms with Crippen LogP contribution in [-0.2, 0) is 14.4 Å². The minimum Gasteiger partial charge on any atom is -0.481 e. The summed E-state index contributed by atoms with van der Waals surface area (Å²) in [6, 6.07) is 4.97. The lowest BCUT2D eigenvalue weighted by molar-refractivity contribution is -0.143. The van der Waals surface area contributed by atoms with Crippen molar-refractivity contribution >= 4 is 23.5 Å². The van der Waals surface area contributed by atoms with Gasteiger partial charge in [0.1, 0.15) is 12.3 Å². The minimum atomic E-state index is -1.21. The molecule has 1 aliphatic rings. The van der Waals surface area contributed by atoms with E-state index < -0.39 is 36.9 Å². The number of hydrogen-bond donors (Lipinski definition) is 2. The molecule has 106 valence electrons. The number of rotatable bonds is 4. The Hall–Kier alpha value is -2.57. The molecule has 0 saturated heterocycles. The fourth-order valence-electron chi connectivity index (χ4n) is 2.02. The third kappa shape index (κ3) is 2.71. The Morgan fingerprint density at radius 3 is 2.60 bits per heavy atom. The molecule has 0 bridgehead atoms. The highest BCUT2D eigenvalue weighted by molar-refractivity contribution is 6.04. The number of ether oxygens (including phenoxy) is 1. The predicted octanol–water partition coefficient (Wildman–Crippen LogP) is 0.648. The van der Waals surface area contributed by atoms with Crippen molar-refractivity contribution in [3.05, 3.63) is 23.8 Å². The molecule has 1 atom stereocenters.